The maximum atomic E-state index is 12.7. The van der Waals surface area contributed by atoms with Crippen molar-refractivity contribution in [3.8, 4) is 0 Å². The Balaban J connectivity index is 2.14. The molecule has 2 aromatic rings. The predicted molar refractivity (Wildman–Crippen MR) is 71.4 cm³/mol. The highest BCUT2D eigenvalue weighted by Crippen LogP contribution is 2.31. The van der Waals surface area contributed by atoms with Crippen molar-refractivity contribution in [3.63, 3.8) is 0 Å². The van der Waals surface area contributed by atoms with Crippen LogP contribution < -0.4 is 5.32 Å². The van der Waals surface area contributed by atoms with Gasteiger partial charge in [0.1, 0.15) is 0 Å². The minimum Gasteiger partial charge on any atom is -0.376 e. The molecule has 1 unspecified atom stereocenters. The van der Waals surface area contributed by atoms with Crippen molar-refractivity contribution in [3.05, 3.63) is 47.8 Å². The fraction of sp³-hybridized carbons (Fsp3) is 0.357. The van der Waals surface area contributed by atoms with Gasteiger partial charge in [-0.1, -0.05) is 12.1 Å². The second-order valence-corrected chi connectivity index (χ2v) is 4.57. The molecule has 0 saturated heterocycles. The quantitative estimate of drug-likeness (QED) is 0.915. The van der Waals surface area contributed by atoms with E-state index in [1.165, 1.54) is 12.1 Å². The average Bonchev–Trinajstić information content (AvgIpc) is 2.85. The second kappa shape index (κ2) is 5.56. The number of hydrogen-bond acceptors (Lipinski definition) is 2. The number of benzene rings is 1. The van der Waals surface area contributed by atoms with Crippen LogP contribution in [0.25, 0.3) is 0 Å². The zero-order valence-electron chi connectivity index (χ0n) is 11.3. The maximum Gasteiger partial charge on any atom is 0.416 e. The number of hydrogen-bond donors (Lipinski definition) is 1. The first-order valence-corrected chi connectivity index (χ1v) is 6.36. The number of alkyl halides is 3. The third-order valence-corrected chi connectivity index (χ3v) is 3.05. The largest absolute Gasteiger partial charge is 0.416 e. The molecule has 0 spiro atoms. The van der Waals surface area contributed by atoms with Crippen LogP contribution in [-0.2, 0) is 12.7 Å². The summed E-state index contributed by atoms with van der Waals surface area (Å²) in [6.07, 6.45) is -0.833. The van der Waals surface area contributed by atoms with Crippen molar-refractivity contribution < 1.29 is 13.2 Å². The molecule has 3 nitrogen and oxygen atoms in total. The molecular formula is C14H16F3N3. The first-order valence-electron chi connectivity index (χ1n) is 6.36. The molecule has 1 aromatic carbocycles. The van der Waals surface area contributed by atoms with Gasteiger partial charge in [0.25, 0.3) is 0 Å². The summed E-state index contributed by atoms with van der Waals surface area (Å²) in [6, 6.07) is 5.11. The van der Waals surface area contributed by atoms with E-state index >= 15 is 0 Å². The van der Waals surface area contributed by atoms with Gasteiger partial charge in [-0.3, -0.25) is 4.68 Å². The zero-order chi connectivity index (χ0) is 14.8. The lowest BCUT2D eigenvalue weighted by atomic mass is 10.0. The second-order valence-electron chi connectivity index (χ2n) is 4.57. The molecule has 6 heteroatoms. The lowest BCUT2D eigenvalue weighted by molar-refractivity contribution is -0.137. The number of halogens is 3. The lowest BCUT2D eigenvalue weighted by Crippen LogP contribution is -2.09. The number of nitrogens with one attached hydrogen (secondary N) is 1. The summed E-state index contributed by atoms with van der Waals surface area (Å²) in [5.74, 6) is 0. The molecular weight excluding hydrogens is 267 g/mol. The fourth-order valence-electron chi connectivity index (χ4n) is 1.93. The Morgan fingerprint density at radius 2 is 2.10 bits per heavy atom. The maximum absolute atomic E-state index is 12.7. The van der Waals surface area contributed by atoms with E-state index in [9.17, 15) is 13.2 Å². The van der Waals surface area contributed by atoms with Crippen molar-refractivity contribution in [2.75, 3.05) is 5.32 Å². The highest BCUT2D eigenvalue weighted by molar-refractivity contribution is 5.42. The average molecular weight is 283 g/mol. The van der Waals surface area contributed by atoms with Gasteiger partial charge in [-0.05, 0) is 31.5 Å². The highest BCUT2D eigenvalue weighted by Gasteiger charge is 2.30. The fourth-order valence-corrected chi connectivity index (χ4v) is 1.93. The highest BCUT2D eigenvalue weighted by atomic mass is 19.4. The van der Waals surface area contributed by atoms with Crippen LogP contribution in [0.1, 0.15) is 31.0 Å². The molecule has 0 bridgehead atoms. The zero-order valence-corrected chi connectivity index (χ0v) is 11.3. The monoisotopic (exact) mass is 283 g/mol. The van der Waals surface area contributed by atoms with Gasteiger partial charge in [0, 0.05) is 18.8 Å². The molecule has 1 heterocycles. The van der Waals surface area contributed by atoms with Gasteiger partial charge in [0.2, 0.25) is 0 Å². The molecule has 2 rings (SSSR count). The number of nitrogens with zero attached hydrogens (tertiary/aromatic N) is 2. The summed E-state index contributed by atoms with van der Waals surface area (Å²) in [5.41, 5.74) is 0.744. The molecule has 0 aliphatic carbocycles. The van der Waals surface area contributed by atoms with Crippen LogP contribution in [0.15, 0.2) is 36.7 Å². The van der Waals surface area contributed by atoms with E-state index in [0.29, 0.717) is 5.56 Å². The van der Waals surface area contributed by atoms with Gasteiger partial charge in [-0.25, -0.2) is 0 Å². The number of rotatable bonds is 4. The van der Waals surface area contributed by atoms with E-state index in [1.807, 2.05) is 20.0 Å². The van der Waals surface area contributed by atoms with Crippen LogP contribution in [0, 0.1) is 0 Å². The lowest BCUT2D eigenvalue weighted by Gasteiger charge is -2.16. The topological polar surface area (TPSA) is 29.9 Å². The molecule has 1 N–H and O–H groups in total. The van der Waals surface area contributed by atoms with Crippen molar-refractivity contribution in [1.29, 1.82) is 0 Å². The molecule has 0 radical (unpaired) electrons. The molecule has 0 fully saturated rings. The third kappa shape index (κ3) is 3.31. The van der Waals surface area contributed by atoms with Crippen LogP contribution >= 0.6 is 0 Å². The van der Waals surface area contributed by atoms with Crippen molar-refractivity contribution in [2.24, 2.45) is 0 Å². The summed E-state index contributed by atoms with van der Waals surface area (Å²) in [4.78, 5) is 0. The molecule has 20 heavy (non-hydrogen) atoms. The van der Waals surface area contributed by atoms with Gasteiger partial charge < -0.3 is 5.32 Å². The van der Waals surface area contributed by atoms with Crippen LogP contribution in [0.3, 0.4) is 0 Å². The van der Waals surface area contributed by atoms with Gasteiger partial charge in [-0.15, -0.1) is 0 Å². The summed E-state index contributed by atoms with van der Waals surface area (Å²) in [5, 5.41) is 7.25. The molecule has 0 aliphatic rings. The molecule has 1 atom stereocenters. The SMILES string of the molecule is CCn1cc(NC(C)c2cccc(C(F)(F)F)c2)cn1. The Morgan fingerprint density at radius 1 is 1.35 bits per heavy atom. The van der Waals surface area contributed by atoms with Crippen LogP contribution in [0.4, 0.5) is 18.9 Å². The standard InChI is InChI=1S/C14H16F3N3/c1-3-20-9-13(8-18-20)19-10(2)11-5-4-6-12(7-11)14(15,16)17/h4-10,19H,3H2,1-2H3. The first-order chi connectivity index (χ1) is 9.40. The molecule has 0 amide bonds. The molecule has 0 aliphatic heterocycles. The summed E-state index contributed by atoms with van der Waals surface area (Å²) in [7, 11) is 0. The Labute approximate surface area is 115 Å². The smallest absolute Gasteiger partial charge is 0.376 e. The van der Waals surface area contributed by atoms with E-state index in [1.54, 1.807) is 16.9 Å². The van der Waals surface area contributed by atoms with Crippen LogP contribution in [0.2, 0.25) is 0 Å². The molecule has 108 valence electrons. The summed E-state index contributed by atoms with van der Waals surface area (Å²) >= 11 is 0. The summed E-state index contributed by atoms with van der Waals surface area (Å²) in [6.45, 7) is 4.53. The van der Waals surface area contributed by atoms with Crippen molar-refractivity contribution >= 4 is 5.69 Å². The number of aromatic nitrogens is 2. The van der Waals surface area contributed by atoms with Gasteiger partial charge >= 0.3 is 6.18 Å². The van der Waals surface area contributed by atoms with E-state index in [4.69, 9.17) is 0 Å². The van der Waals surface area contributed by atoms with Gasteiger partial charge in [0.15, 0.2) is 0 Å². The minimum atomic E-state index is -4.32. The van der Waals surface area contributed by atoms with Crippen molar-refractivity contribution in [1.82, 2.24) is 9.78 Å². The van der Waals surface area contributed by atoms with Gasteiger partial charge in [-0.2, -0.15) is 18.3 Å². The normalized spacial score (nSPS) is 13.2. The predicted octanol–water partition coefficient (Wildman–Crippen LogP) is 4.09. The van der Waals surface area contributed by atoms with E-state index in [-0.39, 0.29) is 6.04 Å². The van der Waals surface area contributed by atoms with Crippen LogP contribution in [-0.4, -0.2) is 9.78 Å². The summed E-state index contributed by atoms with van der Waals surface area (Å²) < 4.78 is 39.8. The van der Waals surface area contributed by atoms with Crippen LogP contribution in [0.5, 0.6) is 0 Å². The minimum absolute atomic E-state index is 0.230. The van der Waals surface area contributed by atoms with Gasteiger partial charge in [0.05, 0.1) is 17.4 Å². The third-order valence-electron chi connectivity index (χ3n) is 3.05. The molecule has 1 aromatic heterocycles. The Morgan fingerprint density at radius 3 is 2.70 bits per heavy atom. The first kappa shape index (κ1) is 14.4. The Hall–Kier alpha value is -1.98. The number of aryl methyl sites for hydroxylation is 1. The Bertz CT molecular complexity index is 575. The van der Waals surface area contributed by atoms with E-state index in [0.717, 1.165) is 18.3 Å². The molecule has 0 saturated carbocycles. The van der Waals surface area contributed by atoms with Crippen molar-refractivity contribution in [2.45, 2.75) is 32.6 Å². The van der Waals surface area contributed by atoms with E-state index in [2.05, 4.69) is 10.4 Å². The van der Waals surface area contributed by atoms with E-state index < -0.39 is 11.7 Å². The Kier molecular flexibility index (Phi) is 4.01. The number of anilines is 1.